The fourth-order valence-corrected chi connectivity index (χ4v) is 1.27. The molecule has 1 atom stereocenters. The van der Waals surface area contributed by atoms with Crippen molar-refractivity contribution >= 4 is 11.0 Å². The van der Waals surface area contributed by atoms with Crippen LogP contribution >= 0.6 is 0 Å². The summed E-state index contributed by atoms with van der Waals surface area (Å²) in [4.78, 5) is 11.2. The molecule has 1 aromatic carbocycles. The topological polar surface area (TPSA) is 56.2 Å². The molecular weight excluding hydrogens is 185 g/mol. The van der Waals surface area contributed by atoms with Crippen LogP contribution in [0.1, 0.15) is 11.9 Å². The average molecular weight is 193 g/mol. The van der Waals surface area contributed by atoms with Crippen LogP contribution in [0.15, 0.2) is 39.5 Å². The molecule has 2 rings (SSSR count). The number of hydrogen-bond donors (Lipinski definition) is 1. The van der Waals surface area contributed by atoms with E-state index in [2.05, 4.69) is 0 Å². The molecule has 2 N–H and O–H groups in total. The summed E-state index contributed by atoms with van der Waals surface area (Å²) in [5, 5.41) is 0.662. The van der Waals surface area contributed by atoms with Gasteiger partial charge in [0.05, 0.1) is 5.56 Å². The number of rotatable bonds is 1. The lowest BCUT2D eigenvalue weighted by Gasteiger charge is -2.01. The Kier molecular flexibility index (Phi) is 2.05. The van der Waals surface area contributed by atoms with E-state index in [-0.39, 0.29) is 5.56 Å². The van der Waals surface area contributed by atoms with Crippen molar-refractivity contribution in [3.05, 3.63) is 46.3 Å². The normalized spacial score (nSPS) is 13.0. The summed E-state index contributed by atoms with van der Waals surface area (Å²) in [6.45, 7) is 0. The SMILES string of the molecule is NC(F)c1cc2ccccc2oc1=O. The lowest BCUT2D eigenvalue weighted by molar-refractivity contribution is 0.344. The summed E-state index contributed by atoms with van der Waals surface area (Å²) in [6, 6.07) is 8.29. The Morgan fingerprint density at radius 1 is 1.36 bits per heavy atom. The Balaban J connectivity index is 2.78. The van der Waals surface area contributed by atoms with Crippen LogP contribution in [0.4, 0.5) is 4.39 Å². The molecule has 1 heterocycles. The van der Waals surface area contributed by atoms with Crippen LogP contribution in [0.25, 0.3) is 11.0 Å². The molecule has 14 heavy (non-hydrogen) atoms. The molecular formula is C10H8FNO2. The number of nitrogens with two attached hydrogens (primary N) is 1. The molecule has 0 saturated carbocycles. The van der Waals surface area contributed by atoms with Crippen molar-refractivity contribution < 1.29 is 8.81 Å². The molecule has 0 aliphatic carbocycles. The molecule has 72 valence electrons. The maximum absolute atomic E-state index is 12.7. The molecule has 0 radical (unpaired) electrons. The highest BCUT2D eigenvalue weighted by Gasteiger charge is 2.11. The van der Waals surface area contributed by atoms with E-state index in [1.165, 1.54) is 6.07 Å². The zero-order valence-electron chi connectivity index (χ0n) is 7.24. The summed E-state index contributed by atoms with van der Waals surface area (Å²) in [5.74, 6) is 0. The molecule has 0 aliphatic rings. The van der Waals surface area contributed by atoms with Gasteiger partial charge >= 0.3 is 5.63 Å². The maximum atomic E-state index is 12.7. The third-order valence-corrected chi connectivity index (χ3v) is 1.97. The first-order valence-electron chi connectivity index (χ1n) is 4.11. The quantitative estimate of drug-likeness (QED) is 0.554. The Morgan fingerprint density at radius 2 is 2.07 bits per heavy atom. The minimum Gasteiger partial charge on any atom is -0.422 e. The van der Waals surface area contributed by atoms with E-state index in [9.17, 15) is 9.18 Å². The minimum absolute atomic E-state index is 0.149. The number of para-hydroxylation sites is 1. The summed E-state index contributed by atoms with van der Waals surface area (Å²) in [7, 11) is 0. The Hall–Kier alpha value is -1.68. The van der Waals surface area contributed by atoms with E-state index < -0.39 is 11.9 Å². The van der Waals surface area contributed by atoms with Gasteiger partial charge in [-0.3, -0.25) is 5.73 Å². The van der Waals surface area contributed by atoms with Gasteiger partial charge in [-0.05, 0) is 12.1 Å². The molecule has 2 aromatic rings. The number of halogens is 1. The third-order valence-electron chi connectivity index (χ3n) is 1.97. The third kappa shape index (κ3) is 1.40. The van der Waals surface area contributed by atoms with Crippen molar-refractivity contribution in [2.75, 3.05) is 0 Å². The second kappa shape index (κ2) is 3.23. The van der Waals surface area contributed by atoms with E-state index in [1.807, 2.05) is 0 Å². The van der Waals surface area contributed by atoms with Gasteiger partial charge < -0.3 is 4.42 Å². The standard InChI is InChI=1S/C10H8FNO2/c11-9(12)7-5-6-3-1-2-4-8(6)14-10(7)13/h1-5,9H,12H2. The highest BCUT2D eigenvalue weighted by atomic mass is 19.1. The van der Waals surface area contributed by atoms with Crippen LogP contribution < -0.4 is 11.4 Å². The van der Waals surface area contributed by atoms with E-state index in [0.717, 1.165) is 0 Å². The van der Waals surface area contributed by atoms with Crippen LogP contribution in [0, 0.1) is 0 Å². The van der Waals surface area contributed by atoms with Gasteiger partial charge in [-0.15, -0.1) is 0 Å². The fourth-order valence-electron chi connectivity index (χ4n) is 1.27. The first-order valence-corrected chi connectivity index (χ1v) is 4.11. The monoisotopic (exact) mass is 193 g/mol. The Bertz CT molecular complexity index is 519. The second-order valence-electron chi connectivity index (χ2n) is 2.93. The van der Waals surface area contributed by atoms with Gasteiger partial charge in [-0.2, -0.15) is 0 Å². The van der Waals surface area contributed by atoms with Crippen LogP contribution in [0.5, 0.6) is 0 Å². The molecule has 3 nitrogen and oxygen atoms in total. The minimum atomic E-state index is -1.80. The number of benzene rings is 1. The summed E-state index contributed by atoms with van der Waals surface area (Å²) >= 11 is 0. The fraction of sp³-hybridized carbons (Fsp3) is 0.100. The van der Waals surface area contributed by atoms with E-state index in [1.54, 1.807) is 24.3 Å². The van der Waals surface area contributed by atoms with Gasteiger partial charge in [0.25, 0.3) is 0 Å². The van der Waals surface area contributed by atoms with Crippen molar-refractivity contribution in [3.8, 4) is 0 Å². The van der Waals surface area contributed by atoms with Gasteiger partial charge in [0, 0.05) is 5.39 Å². The molecule has 1 aromatic heterocycles. The molecule has 0 amide bonds. The van der Waals surface area contributed by atoms with Gasteiger partial charge in [-0.1, -0.05) is 18.2 Å². The first kappa shape index (κ1) is 8.90. The lowest BCUT2D eigenvalue weighted by atomic mass is 10.2. The Labute approximate surface area is 78.9 Å². The highest BCUT2D eigenvalue weighted by molar-refractivity contribution is 5.76. The number of hydrogen-bond acceptors (Lipinski definition) is 3. The molecule has 0 bridgehead atoms. The van der Waals surface area contributed by atoms with E-state index in [0.29, 0.717) is 11.0 Å². The summed E-state index contributed by atoms with van der Waals surface area (Å²) in [6.07, 6.45) is -1.80. The van der Waals surface area contributed by atoms with Crippen LogP contribution in [0.3, 0.4) is 0 Å². The molecule has 0 fully saturated rings. The highest BCUT2D eigenvalue weighted by Crippen LogP contribution is 2.15. The molecule has 4 heteroatoms. The van der Waals surface area contributed by atoms with E-state index in [4.69, 9.17) is 10.2 Å². The second-order valence-corrected chi connectivity index (χ2v) is 2.93. The van der Waals surface area contributed by atoms with Crippen molar-refractivity contribution in [2.24, 2.45) is 5.73 Å². The summed E-state index contributed by atoms with van der Waals surface area (Å²) < 4.78 is 17.6. The number of fused-ring (bicyclic) bond motifs is 1. The zero-order valence-corrected chi connectivity index (χ0v) is 7.24. The van der Waals surface area contributed by atoms with Crippen LogP contribution in [-0.4, -0.2) is 0 Å². The van der Waals surface area contributed by atoms with Gasteiger partial charge in [-0.25, -0.2) is 9.18 Å². The first-order chi connectivity index (χ1) is 6.68. The Morgan fingerprint density at radius 3 is 2.79 bits per heavy atom. The largest absolute Gasteiger partial charge is 0.422 e. The van der Waals surface area contributed by atoms with Gasteiger partial charge in [0.15, 0.2) is 6.30 Å². The molecule has 0 aliphatic heterocycles. The van der Waals surface area contributed by atoms with Gasteiger partial charge in [0.1, 0.15) is 5.58 Å². The average Bonchev–Trinajstić information content (AvgIpc) is 2.16. The zero-order chi connectivity index (χ0) is 10.1. The molecule has 1 unspecified atom stereocenters. The summed E-state index contributed by atoms with van der Waals surface area (Å²) in [5.41, 5.74) is 4.54. The smallest absolute Gasteiger partial charge is 0.343 e. The predicted octanol–water partition coefficient (Wildman–Crippen LogP) is 1.72. The van der Waals surface area contributed by atoms with Crippen molar-refractivity contribution in [3.63, 3.8) is 0 Å². The van der Waals surface area contributed by atoms with Crippen molar-refractivity contribution in [2.45, 2.75) is 6.30 Å². The van der Waals surface area contributed by atoms with Crippen molar-refractivity contribution in [1.82, 2.24) is 0 Å². The van der Waals surface area contributed by atoms with Crippen LogP contribution in [0.2, 0.25) is 0 Å². The van der Waals surface area contributed by atoms with Crippen LogP contribution in [-0.2, 0) is 0 Å². The van der Waals surface area contributed by atoms with Gasteiger partial charge in [0.2, 0.25) is 0 Å². The molecule has 0 saturated heterocycles. The maximum Gasteiger partial charge on any atom is 0.343 e. The van der Waals surface area contributed by atoms with Crippen molar-refractivity contribution in [1.29, 1.82) is 0 Å². The lowest BCUT2D eigenvalue weighted by Crippen LogP contribution is -2.15. The predicted molar refractivity (Wildman–Crippen MR) is 50.5 cm³/mol. The van der Waals surface area contributed by atoms with E-state index >= 15 is 0 Å². The molecule has 0 spiro atoms. The number of alkyl halides is 1.